The molecule has 2 aromatic carbocycles. The number of rotatable bonds is 5. The molecule has 0 aliphatic carbocycles. The first-order valence-electron chi connectivity index (χ1n) is 6.56. The third kappa shape index (κ3) is 3.67. The number of halogens is 3. The molecule has 24 heavy (non-hydrogen) atoms. The van der Waals surface area contributed by atoms with Gasteiger partial charge in [0, 0.05) is 6.07 Å². The van der Waals surface area contributed by atoms with Gasteiger partial charge in [0.25, 0.3) is 10.0 Å². The van der Waals surface area contributed by atoms with Crippen LogP contribution in [0.2, 0.25) is 0 Å². The van der Waals surface area contributed by atoms with Crippen molar-refractivity contribution in [2.45, 2.75) is 4.90 Å². The summed E-state index contributed by atoms with van der Waals surface area (Å²) >= 11 is 0. The van der Waals surface area contributed by atoms with Crippen molar-refractivity contribution >= 4 is 21.7 Å². The van der Waals surface area contributed by atoms with Crippen LogP contribution in [0.1, 0.15) is 0 Å². The van der Waals surface area contributed by atoms with E-state index in [4.69, 9.17) is 0 Å². The fourth-order valence-electron chi connectivity index (χ4n) is 1.90. The molecule has 0 heterocycles. The molecule has 0 radical (unpaired) electrons. The van der Waals surface area contributed by atoms with E-state index in [2.05, 4.69) is 4.74 Å². The zero-order valence-electron chi connectivity index (χ0n) is 12.4. The lowest BCUT2D eigenvalue weighted by Crippen LogP contribution is -2.37. The van der Waals surface area contributed by atoms with E-state index in [0.717, 1.165) is 43.5 Å². The van der Waals surface area contributed by atoms with Gasteiger partial charge in [-0.3, -0.25) is 9.10 Å². The molecule has 0 amide bonds. The normalized spacial score (nSPS) is 11.2. The number of hydrogen-bond donors (Lipinski definition) is 0. The average molecular weight is 359 g/mol. The number of methoxy groups -OCH3 is 1. The maximum absolute atomic E-state index is 14.0. The summed E-state index contributed by atoms with van der Waals surface area (Å²) in [5.74, 6) is -3.70. The second kappa shape index (κ2) is 6.91. The van der Waals surface area contributed by atoms with Crippen LogP contribution in [0.5, 0.6) is 0 Å². The number of esters is 1. The molecule has 0 N–H and O–H groups in total. The van der Waals surface area contributed by atoms with Gasteiger partial charge in [0.2, 0.25) is 0 Å². The van der Waals surface area contributed by atoms with Crippen molar-refractivity contribution in [3.8, 4) is 0 Å². The van der Waals surface area contributed by atoms with E-state index < -0.39 is 45.7 Å². The van der Waals surface area contributed by atoms with Crippen LogP contribution in [-0.4, -0.2) is 28.0 Å². The van der Waals surface area contributed by atoms with Crippen molar-refractivity contribution in [3.63, 3.8) is 0 Å². The molecule has 0 saturated heterocycles. The Labute approximate surface area is 136 Å². The van der Waals surface area contributed by atoms with Crippen molar-refractivity contribution in [3.05, 3.63) is 59.9 Å². The van der Waals surface area contributed by atoms with E-state index in [0.29, 0.717) is 10.4 Å². The van der Waals surface area contributed by atoms with Crippen LogP contribution in [0.25, 0.3) is 0 Å². The van der Waals surface area contributed by atoms with Gasteiger partial charge in [-0.15, -0.1) is 0 Å². The van der Waals surface area contributed by atoms with Crippen molar-refractivity contribution in [2.24, 2.45) is 0 Å². The minimum absolute atomic E-state index is 0.364. The molecule has 0 spiro atoms. The predicted octanol–water partition coefficient (Wildman–Crippen LogP) is 2.47. The molecule has 0 bridgehead atoms. The van der Waals surface area contributed by atoms with Crippen LogP contribution in [-0.2, 0) is 19.6 Å². The summed E-state index contributed by atoms with van der Waals surface area (Å²) in [6.45, 7) is -0.835. The van der Waals surface area contributed by atoms with Gasteiger partial charge in [0.05, 0.1) is 17.7 Å². The average Bonchev–Trinajstić information content (AvgIpc) is 2.53. The molecule has 0 unspecified atom stereocenters. The van der Waals surface area contributed by atoms with Gasteiger partial charge in [-0.05, 0) is 36.4 Å². The van der Waals surface area contributed by atoms with E-state index in [9.17, 15) is 26.4 Å². The van der Waals surface area contributed by atoms with E-state index in [1.165, 1.54) is 0 Å². The molecule has 128 valence electrons. The van der Waals surface area contributed by atoms with Gasteiger partial charge in [-0.2, -0.15) is 0 Å². The first-order valence-corrected chi connectivity index (χ1v) is 8.00. The lowest BCUT2D eigenvalue weighted by molar-refractivity contribution is -0.138. The number of carbonyl (C=O) groups excluding carboxylic acids is 1. The zero-order chi connectivity index (χ0) is 17.9. The summed E-state index contributed by atoms with van der Waals surface area (Å²) in [7, 11) is -3.37. The number of ether oxygens (including phenoxy) is 1. The SMILES string of the molecule is COC(=O)CN(c1ccc(F)cc1F)S(=O)(=O)c1ccc(F)cc1. The van der Waals surface area contributed by atoms with Crippen LogP contribution >= 0.6 is 0 Å². The highest BCUT2D eigenvalue weighted by molar-refractivity contribution is 7.92. The van der Waals surface area contributed by atoms with Crippen LogP contribution in [0.4, 0.5) is 18.9 Å². The number of anilines is 1. The fraction of sp³-hybridized carbons (Fsp3) is 0.133. The highest BCUT2D eigenvalue weighted by Gasteiger charge is 2.29. The first kappa shape index (κ1) is 17.8. The molecule has 0 atom stereocenters. The van der Waals surface area contributed by atoms with Gasteiger partial charge in [-0.25, -0.2) is 21.6 Å². The van der Waals surface area contributed by atoms with Crippen molar-refractivity contribution in [1.82, 2.24) is 0 Å². The van der Waals surface area contributed by atoms with Crippen LogP contribution in [0, 0.1) is 17.5 Å². The number of nitrogens with zero attached hydrogens (tertiary/aromatic N) is 1. The molecule has 0 aliphatic heterocycles. The third-order valence-corrected chi connectivity index (χ3v) is 4.85. The molecule has 9 heteroatoms. The summed E-state index contributed by atoms with van der Waals surface area (Å²) < 4.78 is 70.2. The number of carbonyl (C=O) groups is 1. The molecule has 0 saturated carbocycles. The Morgan fingerprint density at radius 3 is 2.17 bits per heavy atom. The maximum atomic E-state index is 14.0. The minimum Gasteiger partial charge on any atom is -0.468 e. The largest absolute Gasteiger partial charge is 0.468 e. The second-order valence-electron chi connectivity index (χ2n) is 4.64. The summed E-state index contributed by atoms with van der Waals surface area (Å²) in [6.07, 6.45) is 0. The Morgan fingerprint density at radius 2 is 1.62 bits per heavy atom. The second-order valence-corrected chi connectivity index (χ2v) is 6.50. The smallest absolute Gasteiger partial charge is 0.326 e. The molecule has 0 aromatic heterocycles. The Kier molecular flexibility index (Phi) is 5.13. The van der Waals surface area contributed by atoms with Crippen LogP contribution in [0.15, 0.2) is 47.4 Å². The van der Waals surface area contributed by atoms with E-state index in [1.807, 2.05) is 0 Å². The summed E-state index contributed by atoms with van der Waals surface area (Å²) in [5.41, 5.74) is -0.536. The fourth-order valence-corrected chi connectivity index (χ4v) is 3.32. The predicted molar refractivity (Wildman–Crippen MR) is 79.3 cm³/mol. The number of hydrogen-bond acceptors (Lipinski definition) is 4. The highest BCUT2D eigenvalue weighted by atomic mass is 32.2. The molecular formula is C15H12F3NO4S. The summed E-state index contributed by atoms with van der Waals surface area (Å²) in [6, 6.07) is 5.97. The zero-order valence-corrected chi connectivity index (χ0v) is 13.2. The molecule has 0 fully saturated rings. The van der Waals surface area contributed by atoms with Gasteiger partial charge in [0.15, 0.2) is 0 Å². The maximum Gasteiger partial charge on any atom is 0.326 e. The van der Waals surface area contributed by atoms with E-state index in [1.54, 1.807) is 0 Å². The highest BCUT2D eigenvalue weighted by Crippen LogP contribution is 2.27. The molecule has 2 rings (SSSR count). The number of sulfonamides is 1. The molecule has 0 aliphatic rings. The molecular weight excluding hydrogens is 347 g/mol. The van der Waals surface area contributed by atoms with Gasteiger partial charge in [0.1, 0.15) is 24.0 Å². The van der Waals surface area contributed by atoms with Crippen LogP contribution in [0.3, 0.4) is 0 Å². The monoisotopic (exact) mass is 359 g/mol. The molecule has 2 aromatic rings. The Balaban J connectivity index is 2.57. The van der Waals surface area contributed by atoms with Crippen LogP contribution < -0.4 is 4.31 Å². The molecule has 5 nitrogen and oxygen atoms in total. The van der Waals surface area contributed by atoms with E-state index in [-0.39, 0.29) is 4.90 Å². The Bertz CT molecular complexity index is 854. The van der Waals surface area contributed by atoms with Gasteiger partial charge in [-0.1, -0.05) is 0 Å². The number of benzene rings is 2. The lowest BCUT2D eigenvalue weighted by Gasteiger charge is -2.23. The Hall–Kier alpha value is -2.55. The third-order valence-electron chi connectivity index (χ3n) is 3.08. The van der Waals surface area contributed by atoms with E-state index >= 15 is 0 Å². The quantitative estimate of drug-likeness (QED) is 0.770. The lowest BCUT2D eigenvalue weighted by atomic mass is 10.3. The minimum atomic E-state index is -4.41. The van der Waals surface area contributed by atoms with Crippen molar-refractivity contribution in [2.75, 3.05) is 18.0 Å². The summed E-state index contributed by atoms with van der Waals surface area (Å²) in [5, 5.41) is 0. The van der Waals surface area contributed by atoms with Crippen molar-refractivity contribution < 1.29 is 31.1 Å². The standard InChI is InChI=1S/C15H12F3NO4S/c1-23-15(20)9-19(14-7-4-11(17)8-13(14)18)24(21,22)12-5-2-10(16)3-6-12/h2-8H,9H2,1H3. The first-order chi connectivity index (χ1) is 11.3. The Morgan fingerprint density at radius 1 is 1.04 bits per heavy atom. The summed E-state index contributed by atoms with van der Waals surface area (Å²) in [4.78, 5) is 11.2. The van der Waals surface area contributed by atoms with Crippen molar-refractivity contribution in [1.29, 1.82) is 0 Å². The van der Waals surface area contributed by atoms with Gasteiger partial charge < -0.3 is 4.74 Å². The topological polar surface area (TPSA) is 63.7 Å². The van der Waals surface area contributed by atoms with Gasteiger partial charge >= 0.3 is 5.97 Å².